The molecule has 1 spiro atoms. The fourth-order valence-electron chi connectivity index (χ4n) is 3.96. The first-order valence-electron chi connectivity index (χ1n) is 9.17. The van der Waals surface area contributed by atoms with Gasteiger partial charge in [0, 0.05) is 12.6 Å². The van der Waals surface area contributed by atoms with Crippen molar-refractivity contribution in [2.75, 3.05) is 26.0 Å². The van der Waals surface area contributed by atoms with Crippen LogP contribution in [-0.4, -0.2) is 59.8 Å². The number of carbonyl (C=O) groups is 4. The van der Waals surface area contributed by atoms with Gasteiger partial charge >= 0.3 is 6.03 Å². The lowest BCUT2D eigenvalue weighted by molar-refractivity contribution is -0.136. The van der Waals surface area contributed by atoms with E-state index in [2.05, 4.69) is 5.32 Å². The molecule has 150 valence electrons. The number of nitrogens with two attached hydrogens (primary N) is 1. The predicted octanol–water partition coefficient (Wildman–Crippen LogP) is 1.33. The van der Waals surface area contributed by atoms with Crippen LogP contribution in [0.15, 0.2) is 18.2 Å². The molecule has 0 aromatic heterocycles. The van der Waals surface area contributed by atoms with Crippen LogP contribution >= 0.6 is 0 Å². The van der Waals surface area contributed by atoms with E-state index in [9.17, 15) is 19.2 Å². The number of hydrogen-bond donors (Lipinski definition) is 2. The van der Waals surface area contributed by atoms with Crippen LogP contribution in [-0.2, 0) is 9.59 Å². The lowest BCUT2D eigenvalue weighted by Gasteiger charge is -2.35. The molecule has 9 nitrogen and oxygen atoms in total. The van der Waals surface area contributed by atoms with Crippen molar-refractivity contribution in [2.45, 2.75) is 37.6 Å². The van der Waals surface area contributed by atoms with Crippen LogP contribution in [0.4, 0.5) is 10.5 Å². The van der Waals surface area contributed by atoms with Crippen LogP contribution in [0, 0.1) is 0 Å². The Balaban J connectivity index is 1.76. The Bertz CT molecular complexity index is 832. The van der Waals surface area contributed by atoms with E-state index in [0.29, 0.717) is 18.6 Å². The topological polar surface area (TPSA) is 122 Å². The number of amides is 5. The quantitative estimate of drug-likeness (QED) is 0.737. The number of nitrogens with one attached hydrogen (secondary N) is 1. The summed E-state index contributed by atoms with van der Waals surface area (Å²) in [6.07, 6.45) is 4.01. The number of primary amides is 1. The molecule has 2 fully saturated rings. The van der Waals surface area contributed by atoms with Gasteiger partial charge in [0.15, 0.2) is 0 Å². The van der Waals surface area contributed by atoms with Crippen molar-refractivity contribution in [3.8, 4) is 5.75 Å². The molecule has 0 bridgehead atoms. The minimum absolute atomic E-state index is 0.199. The van der Waals surface area contributed by atoms with Gasteiger partial charge in [0.2, 0.25) is 11.8 Å². The Labute approximate surface area is 162 Å². The number of benzene rings is 1. The molecule has 1 saturated carbocycles. The molecule has 0 radical (unpaired) electrons. The smallest absolute Gasteiger partial charge is 0.327 e. The number of anilines is 1. The van der Waals surface area contributed by atoms with E-state index in [-0.39, 0.29) is 17.2 Å². The summed E-state index contributed by atoms with van der Waals surface area (Å²) >= 11 is 0. The van der Waals surface area contributed by atoms with E-state index in [1.807, 2.05) is 0 Å². The molecule has 0 unspecified atom stereocenters. The Morgan fingerprint density at radius 2 is 1.89 bits per heavy atom. The standard InChI is InChI=1S/C19H24N4O5/c1-22-18(27)23(17(26)19(22)8-4-3-5-9-19)11-15(24)21-13-10-12(16(20)25)6-7-14(13)28-2/h6-7,10H,3-5,8-9,11H2,1-2H3,(H2,20,25)(H,21,24). The van der Waals surface area contributed by atoms with Gasteiger partial charge < -0.3 is 20.7 Å². The summed E-state index contributed by atoms with van der Waals surface area (Å²) < 4.78 is 5.18. The van der Waals surface area contributed by atoms with Crippen molar-refractivity contribution in [2.24, 2.45) is 5.73 Å². The van der Waals surface area contributed by atoms with Crippen LogP contribution < -0.4 is 15.8 Å². The van der Waals surface area contributed by atoms with Gasteiger partial charge in [0.1, 0.15) is 17.8 Å². The highest BCUT2D eigenvalue weighted by molar-refractivity contribution is 6.10. The number of rotatable bonds is 5. The van der Waals surface area contributed by atoms with Crippen molar-refractivity contribution in [1.29, 1.82) is 0 Å². The number of carbonyl (C=O) groups excluding carboxylic acids is 4. The second-order valence-corrected chi connectivity index (χ2v) is 7.15. The minimum atomic E-state index is -0.834. The van der Waals surface area contributed by atoms with E-state index in [1.54, 1.807) is 7.05 Å². The molecule has 9 heteroatoms. The van der Waals surface area contributed by atoms with Crippen molar-refractivity contribution in [3.05, 3.63) is 23.8 Å². The number of ether oxygens (including phenoxy) is 1. The molecular formula is C19H24N4O5. The zero-order chi connectivity index (χ0) is 20.5. The molecule has 1 heterocycles. The molecule has 1 aliphatic carbocycles. The van der Waals surface area contributed by atoms with E-state index >= 15 is 0 Å². The third-order valence-corrected chi connectivity index (χ3v) is 5.54. The summed E-state index contributed by atoms with van der Waals surface area (Å²) in [6.45, 7) is -0.409. The van der Waals surface area contributed by atoms with Crippen molar-refractivity contribution >= 4 is 29.4 Å². The maximum atomic E-state index is 13.0. The highest BCUT2D eigenvalue weighted by Gasteiger charge is 2.55. The normalized spacial score (nSPS) is 18.5. The second kappa shape index (κ2) is 7.49. The summed E-state index contributed by atoms with van der Waals surface area (Å²) in [7, 11) is 3.03. The summed E-state index contributed by atoms with van der Waals surface area (Å²) in [4.78, 5) is 51.9. The molecule has 3 N–H and O–H groups in total. The van der Waals surface area contributed by atoms with Gasteiger partial charge in [-0.1, -0.05) is 19.3 Å². The summed E-state index contributed by atoms with van der Waals surface area (Å²) in [5.74, 6) is -1.21. The summed E-state index contributed by atoms with van der Waals surface area (Å²) in [6, 6.07) is 3.90. The maximum Gasteiger partial charge on any atom is 0.327 e. The fraction of sp³-hybridized carbons (Fsp3) is 0.474. The van der Waals surface area contributed by atoms with Crippen molar-refractivity contribution in [3.63, 3.8) is 0 Å². The zero-order valence-electron chi connectivity index (χ0n) is 16.0. The third kappa shape index (κ3) is 3.28. The van der Waals surface area contributed by atoms with Crippen LogP contribution in [0.5, 0.6) is 5.75 Å². The molecule has 5 amide bonds. The summed E-state index contributed by atoms with van der Waals surface area (Å²) in [5, 5.41) is 2.59. The Morgan fingerprint density at radius 3 is 2.50 bits per heavy atom. The Hall–Kier alpha value is -3.10. The van der Waals surface area contributed by atoms with Gasteiger partial charge in [-0.2, -0.15) is 0 Å². The molecule has 0 atom stereocenters. The highest BCUT2D eigenvalue weighted by atomic mass is 16.5. The monoisotopic (exact) mass is 388 g/mol. The van der Waals surface area contributed by atoms with Crippen LogP contribution in [0.3, 0.4) is 0 Å². The zero-order valence-corrected chi connectivity index (χ0v) is 16.0. The van der Waals surface area contributed by atoms with E-state index in [0.717, 1.165) is 24.2 Å². The van der Waals surface area contributed by atoms with Crippen molar-refractivity contribution < 1.29 is 23.9 Å². The number of likely N-dealkylation sites (N-methyl/N-ethyl adjacent to an activating group) is 1. The van der Waals surface area contributed by atoms with Crippen LogP contribution in [0.1, 0.15) is 42.5 Å². The number of hydrogen-bond acceptors (Lipinski definition) is 5. The Morgan fingerprint density at radius 1 is 1.21 bits per heavy atom. The van der Waals surface area contributed by atoms with Crippen LogP contribution in [0.25, 0.3) is 0 Å². The van der Waals surface area contributed by atoms with Gasteiger partial charge in [-0.15, -0.1) is 0 Å². The Kier molecular flexibility index (Phi) is 5.26. The molecule has 1 aliphatic heterocycles. The number of methoxy groups -OCH3 is 1. The lowest BCUT2D eigenvalue weighted by atomic mass is 9.81. The minimum Gasteiger partial charge on any atom is -0.495 e. The lowest BCUT2D eigenvalue weighted by Crippen LogP contribution is -2.49. The highest BCUT2D eigenvalue weighted by Crippen LogP contribution is 2.39. The van der Waals surface area contributed by atoms with Gasteiger partial charge in [-0.3, -0.25) is 19.3 Å². The molecule has 2 aliphatic rings. The first kappa shape index (κ1) is 19.7. The first-order valence-corrected chi connectivity index (χ1v) is 9.17. The average molecular weight is 388 g/mol. The SMILES string of the molecule is COc1ccc(C(N)=O)cc1NC(=O)CN1C(=O)N(C)C2(CCCCC2)C1=O. The average Bonchev–Trinajstić information content (AvgIpc) is 2.85. The molecule has 1 aromatic rings. The first-order chi connectivity index (χ1) is 13.3. The van der Waals surface area contributed by atoms with E-state index in [1.165, 1.54) is 30.2 Å². The number of nitrogens with zero attached hydrogens (tertiary/aromatic N) is 2. The molecule has 1 aromatic carbocycles. The molecular weight excluding hydrogens is 364 g/mol. The van der Waals surface area contributed by atoms with E-state index in [4.69, 9.17) is 10.5 Å². The van der Waals surface area contributed by atoms with Crippen molar-refractivity contribution in [1.82, 2.24) is 9.80 Å². The second-order valence-electron chi connectivity index (χ2n) is 7.15. The molecule has 3 rings (SSSR count). The van der Waals surface area contributed by atoms with E-state index < -0.39 is 29.9 Å². The molecule has 1 saturated heterocycles. The van der Waals surface area contributed by atoms with Gasteiger partial charge in [-0.05, 0) is 31.0 Å². The number of imide groups is 1. The fourth-order valence-corrected chi connectivity index (χ4v) is 3.96. The van der Waals surface area contributed by atoms with Gasteiger partial charge in [0.05, 0.1) is 12.8 Å². The number of urea groups is 1. The largest absolute Gasteiger partial charge is 0.495 e. The molecule has 28 heavy (non-hydrogen) atoms. The van der Waals surface area contributed by atoms with Gasteiger partial charge in [-0.25, -0.2) is 4.79 Å². The predicted molar refractivity (Wildman–Crippen MR) is 101 cm³/mol. The maximum absolute atomic E-state index is 13.0. The summed E-state index contributed by atoms with van der Waals surface area (Å²) in [5.41, 5.74) is 4.88. The third-order valence-electron chi connectivity index (χ3n) is 5.54. The van der Waals surface area contributed by atoms with Gasteiger partial charge in [0.25, 0.3) is 5.91 Å². The van der Waals surface area contributed by atoms with Crippen LogP contribution in [0.2, 0.25) is 0 Å².